The minimum atomic E-state index is -0.400. The zero-order valence-electron chi connectivity index (χ0n) is 21.8. The standard InChI is InChI=1S/C31H32N4O2/c1-5-22-9-11-24(12-10-22)19-35-21(4)27(28(32-31(35)36)25-17-13-23(6-2)14-18-25)30-33-29(34-37-30)26-15-7-20(3)8-16-26/h7-18,28H,5-6,19H2,1-4H3,(H,32,36). The van der Waals surface area contributed by atoms with E-state index in [2.05, 4.69) is 72.9 Å². The number of amides is 2. The van der Waals surface area contributed by atoms with Crippen molar-refractivity contribution in [2.24, 2.45) is 0 Å². The molecule has 0 radical (unpaired) electrons. The highest BCUT2D eigenvalue weighted by Crippen LogP contribution is 2.38. The largest absolute Gasteiger partial charge is 0.334 e. The molecule has 1 aliphatic rings. The molecule has 3 aromatic carbocycles. The molecule has 37 heavy (non-hydrogen) atoms. The van der Waals surface area contributed by atoms with E-state index in [1.54, 1.807) is 4.90 Å². The predicted molar refractivity (Wildman–Crippen MR) is 146 cm³/mol. The van der Waals surface area contributed by atoms with Crippen LogP contribution in [0.3, 0.4) is 0 Å². The Labute approximate surface area is 218 Å². The highest BCUT2D eigenvalue weighted by molar-refractivity contribution is 5.86. The number of carbonyl (C=O) groups excluding carboxylic acids is 1. The SMILES string of the molecule is CCc1ccc(CN2C(=O)NC(c3ccc(CC)cc3)C(c3nc(-c4ccc(C)cc4)no3)=C2C)cc1. The molecule has 1 unspecified atom stereocenters. The fraction of sp³-hybridized carbons (Fsp3) is 0.258. The summed E-state index contributed by atoms with van der Waals surface area (Å²) in [4.78, 5) is 19.9. The van der Waals surface area contributed by atoms with Gasteiger partial charge in [-0.25, -0.2) is 4.79 Å². The summed E-state index contributed by atoms with van der Waals surface area (Å²) in [6, 6.07) is 24.2. The molecule has 2 heterocycles. The van der Waals surface area contributed by atoms with Gasteiger partial charge in [-0.05, 0) is 48.9 Å². The van der Waals surface area contributed by atoms with Gasteiger partial charge in [0.15, 0.2) is 0 Å². The van der Waals surface area contributed by atoms with Crippen molar-refractivity contribution in [3.05, 3.63) is 112 Å². The molecular weight excluding hydrogens is 460 g/mol. The van der Waals surface area contributed by atoms with Crippen molar-refractivity contribution in [3.63, 3.8) is 0 Å². The molecule has 1 N–H and O–H groups in total. The van der Waals surface area contributed by atoms with Gasteiger partial charge in [0.1, 0.15) is 0 Å². The summed E-state index contributed by atoms with van der Waals surface area (Å²) in [6.07, 6.45) is 1.93. The molecule has 6 nitrogen and oxygen atoms in total. The maximum atomic E-state index is 13.4. The molecule has 0 bridgehead atoms. The number of urea groups is 1. The van der Waals surface area contributed by atoms with E-state index in [4.69, 9.17) is 9.51 Å². The highest BCUT2D eigenvalue weighted by atomic mass is 16.5. The third-order valence-electron chi connectivity index (χ3n) is 7.06. The summed E-state index contributed by atoms with van der Waals surface area (Å²) >= 11 is 0. The molecule has 0 saturated carbocycles. The molecule has 4 aromatic rings. The minimum absolute atomic E-state index is 0.149. The van der Waals surface area contributed by atoms with Crippen molar-refractivity contribution in [1.82, 2.24) is 20.4 Å². The van der Waals surface area contributed by atoms with Gasteiger partial charge >= 0.3 is 6.03 Å². The number of rotatable bonds is 7. The highest BCUT2D eigenvalue weighted by Gasteiger charge is 2.35. The van der Waals surface area contributed by atoms with Gasteiger partial charge < -0.3 is 9.84 Å². The Morgan fingerprint density at radius 2 is 1.43 bits per heavy atom. The first kappa shape index (κ1) is 24.5. The van der Waals surface area contributed by atoms with Crippen LogP contribution in [0.15, 0.2) is 83.0 Å². The van der Waals surface area contributed by atoms with Crippen LogP contribution >= 0.6 is 0 Å². The van der Waals surface area contributed by atoms with Gasteiger partial charge in [-0.3, -0.25) is 4.90 Å². The number of benzene rings is 3. The molecule has 5 rings (SSSR count). The monoisotopic (exact) mass is 492 g/mol. The van der Waals surface area contributed by atoms with Gasteiger partial charge in [0, 0.05) is 11.3 Å². The van der Waals surface area contributed by atoms with Crippen LogP contribution in [0.25, 0.3) is 17.0 Å². The van der Waals surface area contributed by atoms with E-state index in [0.29, 0.717) is 18.3 Å². The summed E-state index contributed by atoms with van der Waals surface area (Å²) in [7, 11) is 0. The van der Waals surface area contributed by atoms with E-state index in [-0.39, 0.29) is 6.03 Å². The van der Waals surface area contributed by atoms with Crippen LogP contribution in [-0.2, 0) is 19.4 Å². The maximum absolute atomic E-state index is 13.4. The quantitative estimate of drug-likeness (QED) is 0.306. The Bertz CT molecular complexity index is 1420. The number of nitrogens with one attached hydrogen (secondary N) is 1. The van der Waals surface area contributed by atoms with Gasteiger partial charge in [-0.15, -0.1) is 0 Å². The second-order valence-corrected chi connectivity index (χ2v) is 9.52. The second-order valence-electron chi connectivity index (χ2n) is 9.52. The fourth-order valence-corrected chi connectivity index (χ4v) is 4.66. The van der Waals surface area contributed by atoms with E-state index in [0.717, 1.165) is 40.8 Å². The second kappa shape index (κ2) is 10.4. The molecule has 0 saturated heterocycles. The van der Waals surface area contributed by atoms with Crippen molar-refractivity contribution in [2.75, 3.05) is 0 Å². The van der Waals surface area contributed by atoms with Crippen LogP contribution in [0.1, 0.15) is 60.5 Å². The minimum Gasteiger partial charge on any atom is -0.334 e. The van der Waals surface area contributed by atoms with Crippen molar-refractivity contribution in [1.29, 1.82) is 0 Å². The summed E-state index contributed by atoms with van der Waals surface area (Å²) in [5, 5.41) is 7.48. The number of hydrogen-bond acceptors (Lipinski definition) is 4. The van der Waals surface area contributed by atoms with Gasteiger partial charge in [-0.2, -0.15) is 4.98 Å². The van der Waals surface area contributed by atoms with E-state index in [9.17, 15) is 4.79 Å². The van der Waals surface area contributed by atoms with Crippen LogP contribution in [-0.4, -0.2) is 21.1 Å². The van der Waals surface area contributed by atoms with E-state index in [1.165, 1.54) is 16.7 Å². The first-order valence-corrected chi connectivity index (χ1v) is 12.8. The normalized spacial score (nSPS) is 15.7. The zero-order valence-corrected chi connectivity index (χ0v) is 21.8. The third-order valence-corrected chi connectivity index (χ3v) is 7.06. The van der Waals surface area contributed by atoms with Gasteiger partial charge in [0.2, 0.25) is 5.82 Å². The molecule has 0 spiro atoms. The Balaban J connectivity index is 1.56. The van der Waals surface area contributed by atoms with Crippen molar-refractivity contribution < 1.29 is 9.32 Å². The average molecular weight is 493 g/mol. The Kier molecular flexibility index (Phi) is 6.91. The van der Waals surface area contributed by atoms with Crippen molar-refractivity contribution in [3.8, 4) is 11.4 Å². The molecule has 0 aliphatic carbocycles. The lowest BCUT2D eigenvalue weighted by Crippen LogP contribution is -2.45. The first-order chi connectivity index (χ1) is 18.0. The maximum Gasteiger partial charge on any atom is 0.322 e. The molecule has 188 valence electrons. The van der Waals surface area contributed by atoms with Crippen LogP contribution in [0, 0.1) is 6.92 Å². The van der Waals surface area contributed by atoms with Crippen LogP contribution in [0.4, 0.5) is 4.79 Å². The number of nitrogens with zero attached hydrogens (tertiary/aromatic N) is 3. The van der Waals surface area contributed by atoms with Gasteiger partial charge in [0.25, 0.3) is 5.89 Å². The Morgan fingerprint density at radius 1 is 0.838 bits per heavy atom. The van der Waals surface area contributed by atoms with E-state index in [1.807, 2.05) is 38.1 Å². The molecule has 2 amide bonds. The fourth-order valence-electron chi connectivity index (χ4n) is 4.66. The van der Waals surface area contributed by atoms with Gasteiger partial charge in [0.05, 0.1) is 18.2 Å². The van der Waals surface area contributed by atoms with E-state index < -0.39 is 6.04 Å². The lowest BCUT2D eigenvalue weighted by Gasteiger charge is -2.35. The summed E-state index contributed by atoms with van der Waals surface area (Å²) in [5.74, 6) is 0.929. The van der Waals surface area contributed by atoms with Crippen LogP contribution in [0.5, 0.6) is 0 Å². The van der Waals surface area contributed by atoms with Crippen LogP contribution < -0.4 is 5.32 Å². The lowest BCUT2D eigenvalue weighted by atomic mass is 9.93. The molecule has 6 heteroatoms. The van der Waals surface area contributed by atoms with E-state index >= 15 is 0 Å². The summed E-state index contributed by atoms with van der Waals surface area (Å²) in [6.45, 7) is 8.71. The number of carbonyl (C=O) groups is 1. The number of aryl methyl sites for hydroxylation is 3. The number of aromatic nitrogens is 2. The number of hydrogen-bond donors (Lipinski definition) is 1. The lowest BCUT2D eigenvalue weighted by molar-refractivity contribution is 0.203. The average Bonchev–Trinajstić information content (AvgIpc) is 3.41. The van der Waals surface area contributed by atoms with Crippen LogP contribution in [0.2, 0.25) is 0 Å². The summed E-state index contributed by atoms with van der Waals surface area (Å²) < 4.78 is 5.82. The molecular formula is C31H32N4O2. The smallest absolute Gasteiger partial charge is 0.322 e. The molecule has 1 aliphatic heterocycles. The topological polar surface area (TPSA) is 71.3 Å². The first-order valence-electron chi connectivity index (χ1n) is 12.8. The van der Waals surface area contributed by atoms with Gasteiger partial charge in [-0.1, -0.05) is 97.4 Å². The molecule has 1 atom stereocenters. The van der Waals surface area contributed by atoms with Crippen molar-refractivity contribution in [2.45, 2.75) is 53.1 Å². The summed E-state index contributed by atoms with van der Waals surface area (Å²) in [5.41, 5.74) is 8.20. The third kappa shape index (κ3) is 5.05. The Hall–Kier alpha value is -4.19. The van der Waals surface area contributed by atoms with Crippen molar-refractivity contribution >= 4 is 11.6 Å². The predicted octanol–water partition coefficient (Wildman–Crippen LogP) is 6.87. The Morgan fingerprint density at radius 3 is 2.05 bits per heavy atom. The molecule has 1 aromatic heterocycles. The number of allylic oxidation sites excluding steroid dienone is 1. The molecule has 0 fully saturated rings. The zero-order chi connectivity index (χ0) is 25.9.